The van der Waals surface area contributed by atoms with E-state index in [4.69, 9.17) is 28.4 Å². The van der Waals surface area contributed by atoms with Crippen LogP contribution >= 0.6 is 0 Å². The van der Waals surface area contributed by atoms with Gasteiger partial charge >= 0.3 is 0 Å². The van der Waals surface area contributed by atoms with Crippen LogP contribution in [-0.2, 0) is 9.47 Å². The highest BCUT2D eigenvalue weighted by molar-refractivity contribution is 5.46. The maximum absolute atomic E-state index is 11.1. The van der Waals surface area contributed by atoms with Gasteiger partial charge in [0.2, 0.25) is 6.79 Å². The molecule has 3 N–H and O–H groups in total. The van der Waals surface area contributed by atoms with Crippen LogP contribution < -0.4 is 18.9 Å². The second-order valence-electron chi connectivity index (χ2n) is 7.36. The molecule has 32 heavy (non-hydrogen) atoms. The van der Waals surface area contributed by atoms with Crippen molar-refractivity contribution in [3.63, 3.8) is 0 Å². The smallest absolute Gasteiger partial charge is 0.231 e. The van der Waals surface area contributed by atoms with Gasteiger partial charge in [0, 0.05) is 32.2 Å². The summed E-state index contributed by atoms with van der Waals surface area (Å²) in [7, 11) is 4.52. The molecule has 1 heterocycles. The van der Waals surface area contributed by atoms with Crippen LogP contribution in [-0.4, -0.2) is 63.4 Å². The van der Waals surface area contributed by atoms with Gasteiger partial charge in [0.05, 0.1) is 26.4 Å². The molecule has 3 rings (SSSR count). The Morgan fingerprint density at radius 2 is 1.53 bits per heavy atom. The van der Waals surface area contributed by atoms with E-state index in [1.165, 1.54) is 21.3 Å². The lowest BCUT2D eigenvalue weighted by atomic mass is 9.79. The Balaban J connectivity index is 1.93. The molecule has 0 aromatic heterocycles. The van der Waals surface area contributed by atoms with Gasteiger partial charge in [0.25, 0.3) is 0 Å². The molecular weight excluding hydrogens is 420 g/mol. The Hall–Kier alpha value is -2.56. The maximum Gasteiger partial charge on any atom is 0.231 e. The summed E-state index contributed by atoms with van der Waals surface area (Å²) in [6.07, 6.45) is -1.80. The van der Waals surface area contributed by atoms with E-state index in [-0.39, 0.29) is 20.2 Å². The fourth-order valence-corrected chi connectivity index (χ4v) is 3.91. The van der Waals surface area contributed by atoms with Gasteiger partial charge in [-0.2, -0.15) is 0 Å². The summed E-state index contributed by atoms with van der Waals surface area (Å²) >= 11 is 0. The van der Waals surface area contributed by atoms with E-state index < -0.39 is 30.7 Å². The van der Waals surface area contributed by atoms with Crippen LogP contribution in [0.5, 0.6) is 23.0 Å². The van der Waals surface area contributed by atoms with Crippen LogP contribution in [0.4, 0.5) is 0 Å². The lowest BCUT2D eigenvalue weighted by Gasteiger charge is -2.34. The molecule has 0 bridgehead atoms. The van der Waals surface area contributed by atoms with Gasteiger partial charge in [-0.05, 0) is 35.4 Å². The van der Waals surface area contributed by atoms with E-state index in [1.807, 2.05) is 0 Å². The molecular formula is C23H30O9. The van der Waals surface area contributed by atoms with Gasteiger partial charge in [-0.1, -0.05) is 12.1 Å². The molecule has 2 aromatic rings. The standard InChI is InChI=1S/C23H30O9/c1-27-12-32-23(15-5-7-19-21(9-15)31-13-30-19)17(11-25)16(10-24)22(26)14-4-6-18(28-2)20(8-14)29-3/h4-9,16-17,22-26H,10-13H2,1-3H3/t16-,17+,22+,23+/m1/s1. The quantitative estimate of drug-likeness (QED) is 0.418. The molecule has 0 unspecified atom stereocenters. The molecule has 0 fully saturated rings. The molecule has 2 aromatic carbocycles. The number of benzene rings is 2. The molecule has 9 heteroatoms. The molecule has 0 saturated heterocycles. The number of aliphatic hydroxyl groups is 3. The van der Waals surface area contributed by atoms with Crippen molar-refractivity contribution >= 4 is 0 Å². The third-order valence-corrected chi connectivity index (χ3v) is 5.61. The number of ether oxygens (including phenoxy) is 6. The van der Waals surface area contributed by atoms with Gasteiger partial charge in [-0.25, -0.2) is 0 Å². The van der Waals surface area contributed by atoms with Crippen LogP contribution in [0, 0.1) is 11.8 Å². The zero-order valence-corrected chi connectivity index (χ0v) is 18.4. The maximum atomic E-state index is 11.1. The first-order valence-electron chi connectivity index (χ1n) is 10.2. The Labute approximate surface area is 187 Å². The molecule has 0 radical (unpaired) electrons. The lowest BCUT2D eigenvalue weighted by molar-refractivity contribution is -0.126. The van der Waals surface area contributed by atoms with Gasteiger partial charge < -0.3 is 43.7 Å². The van der Waals surface area contributed by atoms with Crippen molar-refractivity contribution < 1.29 is 43.7 Å². The number of rotatable bonds is 12. The second-order valence-corrected chi connectivity index (χ2v) is 7.36. The molecule has 0 saturated carbocycles. The van der Waals surface area contributed by atoms with E-state index in [1.54, 1.807) is 36.4 Å². The molecule has 0 aliphatic carbocycles. The molecule has 4 atom stereocenters. The first-order valence-corrected chi connectivity index (χ1v) is 10.2. The topological polar surface area (TPSA) is 116 Å². The number of methoxy groups -OCH3 is 3. The van der Waals surface area contributed by atoms with Crippen LogP contribution in [0.2, 0.25) is 0 Å². The summed E-state index contributed by atoms with van der Waals surface area (Å²) in [5.41, 5.74) is 1.21. The van der Waals surface area contributed by atoms with Gasteiger partial charge in [-0.3, -0.25) is 0 Å². The fourth-order valence-electron chi connectivity index (χ4n) is 3.91. The number of hydrogen-bond acceptors (Lipinski definition) is 9. The average molecular weight is 450 g/mol. The molecule has 0 amide bonds. The predicted octanol–water partition coefficient (Wildman–Crippen LogP) is 2.04. The highest BCUT2D eigenvalue weighted by Crippen LogP contribution is 2.42. The Bertz CT molecular complexity index is 873. The summed E-state index contributed by atoms with van der Waals surface area (Å²) in [6.45, 7) is -0.653. The molecule has 1 aliphatic heterocycles. The van der Waals surface area contributed by atoms with Crippen molar-refractivity contribution in [2.75, 3.05) is 48.1 Å². The van der Waals surface area contributed by atoms with Crippen molar-refractivity contribution in [2.45, 2.75) is 12.2 Å². The Kier molecular flexibility index (Phi) is 8.54. The summed E-state index contributed by atoms with van der Waals surface area (Å²) in [5.74, 6) is 0.715. The largest absolute Gasteiger partial charge is 0.493 e. The number of hydrogen-bond donors (Lipinski definition) is 3. The van der Waals surface area contributed by atoms with Crippen LogP contribution in [0.25, 0.3) is 0 Å². The van der Waals surface area contributed by atoms with Crippen molar-refractivity contribution in [3.05, 3.63) is 47.5 Å². The van der Waals surface area contributed by atoms with E-state index >= 15 is 0 Å². The van der Waals surface area contributed by atoms with Crippen molar-refractivity contribution in [2.24, 2.45) is 11.8 Å². The fraction of sp³-hybridized carbons (Fsp3) is 0.478. The normalized spacial score (nSPS) is 16.3. The van der Waals surface area contributed by atoms with Crippen molar-refractivity contribution in [3.8, 4) is 23.0 Å². The lowest BCUT2D eigenvalue weighted by Crippen LogP contribution is -2.34. The molecule has 176 valence electrons. The summed E-state index contributed by atoms with van der Waals surface area (Å²) in [4.78, 5) is 0. The first kappa shape index (κ1) is 24.1. The Morgan fingerprint density at radius 3 is 2.19 bits per heavy atom. The highest BCUT2D eigenvalue weighted by atomic mass is 16.7. The zero-order chi connectivity index (χ0) is 23.1. The number of fused-ring (bicyclic) bond motifs is 1. The minimum absolute atomic E-state index is 0.0415. The summed E-state index contributed by atoms with van der Waals surface area (Å²) in [6, 6.07) is 10.3. The van der Waals surface area contributed by atoms with Gasteiger partial charge in [-0.15, -0.1) is 0 Å². The van der Waals surface area contributed by atoms with Gasteiger partial charge in [0.1, 0.15) is 6.79 Å². The first-order chi connectivity index (χ1) is 15.6. The average Bonchev–Trinajstić information content (AvgIpc) is 3.30. The van der Waals surface area contributed by atoms with E-state index in [9.17, 15) is 15.3 Å². The summed E-state index contributed by atoms with van der Waals surface area (Å²) < 4.78 is 32.4. The van der Waals surface area contributed by atoms with Crippen molar-refractivity contribution in [1.29, 1.82) is 0 Å². The minimum atomic E-state index is -1.11. The van der Waals surface area contributed by atoms with E-state index in [0.717, 1.165) is 0 Å². The monoisotopic (exact) mass is 450 g/mol. The third-order valence-electron chi connectivity index (χ3n) is 5.61. The number of aliphatic hydroxyl groups excluding tert-OH is 3. The predicted molar refractivity (Wildman–Crippen MR) is 114 cm³/mol. The third kappa shape index (κ3) is 5.08. The van der Waals surface area contributed by atoms with E-state index in [2.05, 4.69) is 0 Å². The van der Waals surface area contributed by atoms with Crippen LogP contribution in [0.1, 0.15) is 23.3 Å². The van der Waals surface area contributed by atoms with Crippen LogP contribution in [0.15, 0.2) is 36.4 Å². The van der Waals surface area contributed by atoms with Gasteiger partial charge in [0.15, 0.2) is 23.0 Å². The molecule has 0 spiro atoms. The summed E-state index contributed by atoms with van der Waals surface area (Å²) in [5, 5.41) is 31.6. The zero-order valence-electron chi connectivity index (χ0n) is 18.4. The second kappa shape index (κ2) is 11.3. The SMILES string of the molecule is COCO[C@@H](c1ccc2c(c1)OCO2)[C@@H](CO)[C@@H](CO)[C@@H](O)c1ccc(OC)c(OC)c1. The van der Waals surface area contributed by atoms with E-state index in [0.29, 0.717) is 34.1 Å². The minimum Gasteiger partial charge on any atom is -0.493 e. The molecule has 1 aliphatic rings. The van der Waals surface area contributed by atoms with Crippen LogP contribution in [0.3, 0.4) is 0 Å². The van der Waals surface area contributed by atoms with Crippen molar-refractivity contribution in [1.82, 2.24) is 0 Å². The highest BCUT2D eigenvalue weighted by Gasteiger charge is 2.36. The molecule has 9 nitrogen and oxygen atoms in total. The Morgan fingerprint density at radius 1 is 0.844 bits per heavy atom.